The third-order valence-corrected chi connectivity index (χ3v) is 4.24. The van der Waals surface area contributed by atoms with E-state index in [1.165, 1.54) is 17.7 Å². The molecule has 0 spiro atoms. The monoisotopic (exact) mass is 353 g/mol. The van der Waals surface area contributed by atoms with Gasteiger partial charge in [-0.3, -0.25) is 4.55 Å². The molecule has 2 aromatic carbocycles. The molecule has 0 amide bonds. The zero-order chi connectivity index (χ0) is 15.5. The Hall–Kier alpha value is 0.150. The average molecular weight is 353 g/mol. The Morgan fingerprint density at radius 2 is 1.52 bits per heavy atom. The molecule has 0 heterocycles. The van der Waals surface area contributed by atoms with E-state index in [1.54, 1.807) is 12.1 Å². The van der Waals surface area contributed by atoms with Crippen LogP contribution in [0.2, 0.25) is 0 Å². The number of anilines is 1. The summed E-state index contributed by atoms with van der Waals surface area (Å²) in [6, 6.07) is 14.6. The molecule has 2 aromatic rings. The summed E-state index contributed by atoms with van der Waals surface area (Å²) >= 11 is 0. The molecule has 0 fully saturated rings. The van der Waals surface area contributed by atoms with Crippen LogP contribution in [0.5, 0.6) is 0 Å². The van der Waals surface area contributed by atoms with Crippen LogP contribution < -0.4 is 64.0 Å². The van der Waals surface area contributed by atoms with Crippen LogP contribution in [0, 0.1) is 6.92 Å². The maximum absolute atomic E-state index is 11.0. The number of aryl methyl sites for hydroxylation is 1. The van der Waals surface area contributed by atoms with Gasteiger partial charge in [0.05, 0.1) is 4.90 Å². The van der Waals surface area contributed by atoms with Gasteiger partial charge in [0.25, 0.3) is 10.1 Å². The molecule has 0 saturated heterocycles. The predicted molar refractivity (Wildman–Crippen MR) is 86.4 cm³/mol. The summed E-state index contributed by atoms with van der Waals surface area (Å²) in [4.78, 5) is 2.12. The van der Waals surface area contributed by atoms with Crippen molar-refractivity contribution in [3.8, 4) is 0 Å². The number of benzene rings is 2. The summed E-state index contributed by atoms with van der Waals surface area (Å²) in [5.74, 6) is 0. The number of hydrogen-bond acceptors (Lipinski definition) is 3. The van der Waals surface area contributed by atoms with Crippen LogP contribution in [0.1, 0.15) is 20.9 Å². The van der Waals surface area contributed by atoms with Gasteiger partial charge in [0, 0.05) is 18.8 Å². The van der Waals surface area contributed by atoms with Crippen LogP contribution in [0.4, 0.5) is 5.69 Å². The second-order valence-electron chi connectivity index (χ2n) is 4.97. The van der Waals surface area contributed by atoms with Crippen molar-refractivity contribution < 1.29 is 74.9 Å². The molecule has 1 N–H and O–H groups in total. The minimum atomic E-state index is -4.12. The van der Waals surface area contributed by atoms with Crippen molar-refractivity contribution in [2.24, 2.45) is 0 Å². The summed E-state index contributed by atoms with van der Waals surface area (Å²) in [6.45, 7) is 5.66. The molecule has 0 atom stereocenters. The fourth-order valence-electron chi connectivity index (χ4n) is 2.13. The van der Waals surface area contributed by atoms with Gasteiger partial charge in [0.2, 0.25) is 0 Å². The van der Waals surface area contributed by atoms with E-state index >= 15 is 0 Å². The molecule has 0 saturated carbocycles. The van der Waals surface area contributed by atoms with Gasteiger partial charge in [-0.25, -0.2) is 0 Å². The normalized spacial score (nSPS) is 10.4. The van der Waals surface area contributed by atoms with Gasteiger partial charge in [0.1, 0.15) is 0 Å². The van der Waals surface area contributed by atoms with Crippen LogP contribution in [-0.4, -0.2) is 19.5 Å². The quantitative estimate of drug-likeness (QED) is 0.477. The maximum Gasteiger partial charge on any atom is 1.00 e. The molecule has 7 heteroatoms. The maximum atomic E-state index is 11.0. The van der Waals surface area contributed by atoms with Crippen molar-refractivity contribution in [2.45, 2.75) is 25.3 Å². The average Bonchev–Trinajstić information content (AvgIpc) is 2.45. The Bertz CT molecular complexity index is 711. The van der Waals surface area contributed by atoms with Crippen LogP contribution in [0.3, 0.4) is 0 Å². The first kappa shape index (κ1) is 23.1. The van der Waals surface area contributed by atoms with Gasteiger partial charge in [-0.1, -0.05) is 29.8 Å². The number of rotatable bonds is 5. The Morgan fingerprint density at radius 1 is 1.00 bits per heavy atom. The first-order valence-electron chi connectivity index (χ1n) is 6.78. The van der Waals surface area contributed by atoms with E-state index in [2.05, 4.69) is 36.1 Å². The zero-order valence-electron chi connectivity index (χ0n) is 16.2. The first-order valence-corrected chi connectivity index (χ1v) is 8.22. The molecule has 0 bridgehead atoms. The van der Waals surface area contributed by atoms with E-state index in [0.29, 0.717) is 6.54 Å². The predicted octanol–water partition coefficient (Wildman–Crippen LogP) is -2.50. The van der Waals surface area contributed by atoms with E-state index in [1.807, 2.05) is 6.92 Å². The largest absolute Gasteiger partial charge is 1.00 e. The molecule has 0 aliphatic carbocycles. The summed E-state index contributed by atoms with van der Waals surface area (Å²) in [7, 11) is -4.12. The molecule has 4 nitrogen and oxygen atoms in total. The number of nitrogens with zero attached hydrogens (tertiary/aromatic N) is 1. The smallest absolute Gasteiger partial charge is 1.00 e. The summed E-state index contributed by atoms with van der Waals surface area (Å²) in [6.07, 6.45) is 0. The van der Waals surface area contributed by atoms with Gasteiger partial charge in [-0.05, 0) is 43.7 Å². The fourth-order valence-corrected chi connectivity index (χ4v) is 2.61. The van der Waals surface area contributed by atoms with Gasteiger partial charge in [-0.2, -0.15) is 8.42 Å². The molecular weight excluding hydrogens is 332 g/mol. The van der Waals surface area contributed by atoms with E-state index in [-0.39, 0.29) is 66.9 Å². The molecule has 0 aromatic heterocycles. The van der Waals surface area contributed by atoms with Gasteiger partial charge in [-0.15, -0.1) is 0 Å². The van der Waals surface area contributed by atoms with E-state index in [4.69, 9.17) is 4.55 Å². The second kappa shape index (κ2) is 10.2. The second-order valence-corrected chi connectivity index (χ2v) is 6.39. The topological polar surface area (TPSA) is 57.6 Å². The van der Waals surface area contributed by atoms with E-state index < -0.39 is 10.1 Å². The molecule has 0 radical (unpaired) electrons. The summed E-state index contributed by atoms with van der Waals surface area (Å²) < 4.78 is 31.0. The van der Waals surface area contributed by atoms with E-state index in [9.17, 15) is 8.42 Å². The first-order chi connectivity index (χ1) is 9.90. The summed E-state index contributed by atoms with van der Waals surface area (Å²) in [5.41, 5.74) is 3.33. The summed E-state index contributed by atoms with van der Waals surface area (Å²) in [5, 5.41) is 0. The molecule has 2 rings (SSSR count). The van der Waals surface area contributed by atoms with Crippen molar-refractivity contribution >= 4 is 15.8 Å². The van der Waals surface area contributed by atoms with Crippen LogP contribution in [0.15, 0.2) is 53.4 Å². The van der Waals surface area contributed by atoms with Gasteiger partial charge < -0.3 is 7.75 Å². The minimum absolute atomic E-state index is 0. The van der Waals surface area contributed by atoms with Crippen molar-refractivity contribution in [2.75, 3.05) is 11.4 Å². The fraction of sp³-hybridized carbons (Fsp3) is 0.250. The Kier molecular flexibility index (Phi) is 10.3. The Labute approximate surface area is 185 Å². The third kappa shape index (κ3) is 6.88. The Balaban J connectivity index is -0.00000121. The van der Waals surface area contributed by atoms with E-state index in [0.717, 1.165) is 17.8 Å². The van der Waals surface area contributed by atoms with Gasteiger partial charge in [0.15, 0.2) is 0 Å². The SMILES string of the molecule is CCN(Cc1ccc(S(=O)(=O)O)cc1)c1ccc(C)cc1.[H-].[H-].[Na+].[Na+]. The van der Waals surface area contributed by atoms with Crippen molar-refractivity contribution in [1.29, 1.82) is 0 Å². The van der Waals surface area contributed by atoms with Crippen molar-refractivity contribution in [3.05, 3.63) is 59.7 Å². The zero-order valence-corrected chi connectivity index (χ0v) is 19.0. The molecule has 116 valence electrons. The molecule has 23 heavy (non-hydrogen) atoms. The Morgan fingerprint density at radius 3 is 1.96 bits per heavy atom. The van der Waals surface area contributed by atoms with Crippen molar-refractivity contribution in [3.63, 3.8) is 0 Å². The minimum Gasteiger partial charge on any atom is -1.00 e. The number of hydrogen-bond donors (Lipinski definition) is 1. The van der Waals surface area contributed by atoms with Gasteiger partial charge >= 0.3 is 59.1 Å². The van der Waals surface area contributed by atoms with Crippen LogP contribution in [-0.2, 0) is 16.7 Å². The molecule has 0 aliphatic rings. The van der Waals surface area contributed by atoms with Crippen molar-refractivity contribution in [1.82, 2.24) is 0 Å². The molecule has 0 aliphatic heterocycles. The molecular formula is C16H21NNa2O3S. The standard InChI is InChI=1S/C16H19NO3S.2Na.2H/c1-3-17(15-8-4-13(2)5-9-15)12-14-6-10-16(11-7-14)21(18,19)20;;;;/h4-11H,3,12H2,1-2H3,(H,18,19,20);;;;/q;2*+1;2*-1. The third-order valence-electron chi connectivity index (χ3n) is 3.38. The van der Waals surface area contributed by atoms with Crippen LogP contribution in [0.25, 0.3) is 0 Å². The van der Waals surface area contributed by atoms with Crippen LogP contribution >= 0.6 is 0 Å². The molecule has 0 unspecified atom stereocenters.